The fourth-order valence-electron chi connectivity index (χ4n) is 0.839. The Balaban J connectivity index is 2.23. The van der Waals surface area contributed by atoms with Gasteiger partial charge in [-0.15, -0.1) is 0 Å². The molecule has 0 saturated heterocycles. The van der Waals surface area contributed by atoms with E-state index in [1.165, 1.54) is 18.0 Å². The lowest BCUT2D eigenvalue weighted by Gasteiger charge is -1.96. The van der Waals surface area contributed by atoms with Gasteiger partial charge in [-0.3, -0.25) is 0 Å². The smallest absolute Gasteiger partial charge is 0.262 e. The van der Waals surface area contributed by atoms with Crippen molar-refractivity contribution in [3.05, 3.63) is 29.5 Å². The van der Waals surface area contributed by atoms with Gasteiger partial charge in [-0.2, -0.15) is 0 Å². The highest BCUT2D eigenvalue weighted by atomic mass is 35.5. The van der Waals surface area contributed by atoms with E-state index in [2.05, 4.69) is 15.0 Å². The van der Waals surface area contributed by atoms with Crippen molar-refractivity contribution in [1.82, 2.24) is 15.0 Å². The molecule has 2 rings (SSSR count). The molecule has 0 unspecified atom stereocenters. The molecule has 0 N–H and O–H groups in total. The molecule has 0 aliphatic rings. The van der Waals surface area contributed by atoms with Crippen LogP contribution in [-0.4, -0.2) is 15.0 Å². The molecule has 0 saturated carbocycles. The van der Waals surface area contributed by atoms with Crippen LogP contribution in [0, 0.1) is 6.92 Å². The molecular weight excluding hydrogens is 222 g/mol. The fraction of sp³-hybridized carbons (Fsp3) is 0.125. The van der Waals surface area contributed by atoms with Crippen LogP contribution in [0.5, 0.6) is 0 Å². The minimum Gasteiger partial charge on any atom is -0.439 e. The van der Waals surface area contributed by atoms with Crippen LogP contribution in [0.4, 0.5) is 0 Å². The van der Waals surface area contributed by atoms with Crippen LogP contribution in [0.15, 0.2) is 33.3 Å². The highest BCUT2D eigenvalue weighted by molar-refractivity contribution is 7.99. The number of hydrogen-bond acceptors (Lipinski definition) is 5. The van der Waals surface area contributed by atoms with E-state index in [-0.39, 0.29) is 0 Å². The molecule has 0 atom stereocenters. The molecule has 0 fully saturated rings. The Hall–Kier alpha value is -1.07. The first kappa shape index (κ1) is 9.48. The van der Waals surface area contributed by atoms with Gasteiger partial charge in [-0.25, -0.2) is 15.0 Å². The Morgan fingerprint density at radius 2 is 2.14 bits per heavy atom. The van der Waals surface area contributed by atoms with E-state index >= 15 is 0 Å². The summed E-state index contributed by atoms with van der Waals surface area (Å²) in [6.45, 7) is 1.85. The number of aryl methyl sites for hydroxylation is 1. The number of rotatable bonds is 2. The summed E-state index contributed by atoms with van der Waals surface area (Å²) in [7, 11) is 0. The lowest BCUT2D eigenvalue weighted by Crippen LogP contribution is -1.84. The van der Waals surface area contributed by atoms with E-state index in [0.717, 1.165) is 5.69 Å². The molecule has 4 nitrogen and oxygen atoms in total. The molecule has 2 aromatic rings. The van der Waals surface area contributed by atoms with Gasteiger partial charge >= 0.3 is 0 Å². The van der Waals surface area contributed by atoms with Crippen molar-refractivity contribution in [2.45, 2.75) is 17.2 Å². The second-order valence-electron chi connectivity index (χ2n) is 2.51. The number of halogens is 1. The van der Waals surface area contributed by atoms with E-state index in [9.17, 15) is 0 Å². The van der Waals surface area contributed by atoms with E-state index in [4.69, 9.17) is 16.0 Å². The summed E-state index contributed by atoms with van der Waals surface area (Å²) < 4.78 is 5.15. The summed E-state index contributed by atoms with van der Waals surface area (Å²) in [5.74, 6) is 0. The van der Waals surface area contributed by atoms with Crippen LogP contribution in [0.25, 0.3) is 0 Å². The molecule has 72 valence electrons. The van der Waals surface area contributed by atoms with Crippen molar-refractivity contribution in [2.75, 3.05) is 0 Å². The van der Waals surface area contributed by atoms with E-state index in [1.54, 1.807) is 12.5 Å². The Kier molecular flexibility index (Phi) is 2.69. The predicted octanol–water partition coefficient (Wildman–Crippen LogP) is 2.58. The lowest BCUT2D eigenvalue weighted by atomic mass is 10.6. The van der Waals surface area contributed by atoms with Crippen molar-refractivity contribution < 1.29 is 4.42 Å². The zero-order valence-corrected chi connectivity index (χ0v) is 8.84. The summed E-state index contributed by atoms with van der Waals surface area (Å²) in [6.07, 6.45) is 4.68. The molecule has 0 radical (unpaired) electrons. The summed E-state index contributed by atoms with van der Waals surface area (Å²) in [4.78, 5) is 12.1. The molecule has 14 heavy (non-hydrogen) atoms. The average Bonchev–Trinajstić information content (AvgIpc) is 2.56. The van der Waals surface area contributed by atoms with Crippen molar-refractivity contribution >= 4 is 23.4 Å². The number of hydrogen-bond donors (Lipinski definition) is 0. The van der Waals surface area contributed by atoms with Crippen LogP contribution in [0.1, 0.15) is 5.69 Å². The molecule has 0 bridgehead atoms. The van der Waals surface area contributed by atoms with Gasteiger partial charge in [0.1, 0.15) is 11.3 Å². The first-order valence-electron chi connectivity index (χ1n) is 3.82. The Labute approximate surface area is 89.7 Å². The van der Waals surface area contributed by atoms with Gasteiger partial charge in [0.15, 0.2) is 5.15 Å². The first-order chi connectivity index (χ1) is 6.75. The van der Waals surface area contributed by atoms with Gasteiger partial charge in [0, 0.05) is 12.4 Å². The van der Waals surface area contributed by atoms with Gasteiger partial charge < -0.3 is 4.42 Å². The quantitative estimate of drug-likeness (QED) is 0.789. The molecule has 0 aromatic carbocycles. The average molecular weight is 228 g/mol. The van der Waals surface area contributed by atoms with Crippen molar-refractivity contribution in [3.8, 4) is 0 Å². The third kappa shape index (κ3) is 2.05. The molecule has 0 spiro atoms. The third-order valence-corrected chi connectivity index (χ3v) is 2.65. The normalized spacial score (nSPS) is 10.4. The zero-order valence-electron chi connectivity index (χ0n) is 7.27. The zero-order chi connectivity index (χ0) is 9.97. The van der Waals surface area contributed by atoms with Gasteiger partial charge in [-0.05, 0) is 18.7 Å². The van der Waals surface area contributed by atoms with Crippen LogP contribution in [0.3, 0.4) is 0 Å². The van der Waals surface area contributed by atoms with Gasteiger partial charge in [0.2, 0.25) is 0 Å². The molecule has 2 heterocycles. The molecule has 6 heteroatoms. The highest BCUT2D eigenvalue weighted by Gasteiger charge is 2.08. The maximum absolute atomic E-state index is 5.82. The topological polar surface area (TPSA) is 51.8 Å². The van der Waals surface area contributed by atoms with E-state index in [1.807, 2.05) is 6.92 Å². The summed E-state index contributed by atoms with van der Waals surface area (Å²) in [5.41, 5.74) is 0.826. The third-order valence-electron chi connectivity index (χ3n) is 1.40. The van der Waals surface area contributed by atoms with Crippen molar-refractivity contribution in [2.24, 2.45) is 0 Å². The van der Waals surface area contributed by atoms with Gasteiger partial charge in [0.05, 0.1) is 5.69 Å². The van der Waals surface area contributed by atoms with E-state index in [0.29, 0.717) is 15.4 Å². The SMILES string of the molecule is Cc1coc(Sc2nccnc2Cl)n1. The molecule has 0 aliphatic carbocycles. The summed E-state index contributed by atoms with van der Waals surface area (Å²) in [5, 5.41) is 1.47. The second kappa shape index (κ2) is 3.98. The van der Waals surface area contributed by atoms with Crippen LogP contribution >= 0.6 is 23.4 Å². The Morgan fingerprint density at radius 3 is 2.79 bits per heavy atom. The van der Waals surface area contributed by atoms with Crippen LogP contribution < -0.4 is 0 Å². The second-order valence-corrected chi connectivity index (χ2v) is 3.81. The van der Waals surface area contributed by atoms with Crippen molar-refractivity contribution in [1.29, 1.82) is 0 Å². The number of oxazole rings is 1. The van der Waals surface area contributed by atoms with E-state index < -0.39 is 0 Å². The molecule has 2 aromatic heterocycles. The lowest BCUT2D eigenvalue weighted by molar-refractivity contribution is 0.453. The largest absolute Gasteiger partial charge is 0.439 e. The Morgan fingerprint density at radius 1 is 1.36 bits per heavy atom. The van der Waals surface area contributed by atoms with Gasteiger partial charge in [-0.1, -0.05) is 11.6 Å². The standard InChI is InChI=1S/C8H6ClN3OS/c1-5-4-13-8(12-5)14-7-6(9)10-2-3-11-7/h2-4H,1H3. The molecule has 0 amide bonds. The minimum absolute atomic E-state index is 0.355. The molecule has 0 aliphatic heterocycles. The highest BCUT2D eigenvalue weighted by Crippen LogP contribution is 2.28. The summed E-state index contributed by atoms with van der Waals surface area (Å²) >= 11 is 7.07. The first-order valence-corrected chi connectivity index (χ1v) is 5.01. The van der Waals surface area contributed by atoms with Crippen LogP contribution in [-0.2, 0) is 0 Å². The van der Waals surface area contributed by atoms with Gasteiger partial charge in [0.25, 0.3) is 5.22 Å². The monoisotopic (exact) mass is 227 g/mol. The maximum Gasteiger partial charge on any atom is 0.262 e. The fourth-order valence-corrected chi connectivity index (χ4v) is 1.76. The molecular formula is C8H6ClN3OS. The van der Waals surface area contributed by atoms with Crippen molar-refractivity contribution in [3.63, 3.8) is 0 Å². The number of nitrogens with zero attached hydrogens (tertiary/aromatic N) is 3. The maximum atomic E-state index is 5.82. The summed E-state index contributed by atoms with van der Waals surface area (Å²) in [6, 6.07) is 0. The minimum atomic E-state index is 0.355. The van der Waals surface area contributed by atoms with Crippen LogP contribution in [0.2, 0.25) is 5.15 Å². The Bertz CT molecular complexity index is 446. The predicted molar refractivity (Wildman–Crippen MR) is 52.4 cm³/mol. The number of aromatic nitrogens is 3.